The van der Waals surface area contributed by atoms with E-state index in [1.165, 1.54) is 18.4 Å². The van der Waals surface area contributed by atoms with E-state index in [1.54, 1.807) is 11.3 Å². The number of hydrogen-bond acceptors (Lipinski definition) is 5. The molecule has 1 aromatic carbocycles. The van der Waals surface area contributed by atoms with Gasteiger partial charge in [-0.25, -0.2) is 4.98 Å². The molecule has 1 N–H and O–H groups in total. The second-order valence-corrected chi connectivity index (χ2v) is 8.10. The largest absolute Gasteiger partial charge is 0.339 e. The standard InChI is InChI=1S/C20H26N4OS.2ClH/c25-19(13-21-12-16-6-7-16)24-10-8-23(9-11-24)14-18-15-26-20(22-18)17-4-2-1-3-5-17;;/h1-5,15-16,21H,6-14H2;2*1H. The van der Waals surface area contributed by atoms with E-state index in [-0.39, 0.29) is 30.7 Å². The molecule has 4 rings (SSSR count). The number of nitrogens with one attached hydrogen (secondary N) is 1. The third-order valence-corrected chi connectivity index (χ3v) is 6.03. The summed E-state index contributed by atoms with van der Waals surface area (Å²) >= 11 is 1.70. The SMILES string of the molecule is Cl.Cl.O=C(CNCC1CC1)N1CCN(Cc2csc(-c3ccccc3)n2)CC1. The average molecular weight is 443 g/mol. The van der Waals surface area contributed by atoms with Gasteiger partial charge in [-0.05, 0) is 25.3 Å². The Morgan fingerprint density at radius 2 is 1.82 bits per heavy atom. The van der Waals surface area contributed by atoms with Gasteiger partial charge in [-0.2, -0.15) is 0 Å². The van der Waals surface area contributed by atoms with E-state index in [2.05, 4.69) is 27.7 Å². The van der Waals surface area contributed by atoms with Crippen molar-refractivity contribution in [3.63, 3.8) is 0 Å². The Labute approximate surface area is 183 Å². The van der Waals surface area contributed by atoms with Gasteiger partial charge >= 0.3 is 0 Å². The van der Waals surface area contributed by atoms with Crippen LogP contribution >= 0.6 is 36.2 Å². The number of carbonyl (C=O) groups is 1. The molecule has 5 nitrogen and oxygen atoms in total. The van der Waals surface area contributed by atoms with Gasteiger partial charge in [0, 0.05) is 43.7 Å². The van der Waals surface area contributed by atoms with Crippen LogP contribution in [0, 0.1) is 5.92 Å². The zero-order valence-electron chi connectivity index (χ0n) is 15.9. The van der Waals surface area contributed by atoms with Gasteiger partial charge in [-0.15, -0.1) is 36.2 Å². The number of rotatable bonds is 7. The predicted molar refractivity (Wildman–Crippen MR) is 119 cm³/mol. The van der Waals surface area contributed by atoms with Gasteiger partial charge in [0.15, 0.2) is 0 Å². The monoisotopic (exact) mass is 442 g/mol. The van der Waals surface area contributed by atoms with Crippen LogP contribution in [0.5, 0.6) is 0 Å². The second kappa shape index (κ2) is 11.1. The maximum absolute atomic E-state index is 12.3. The molecule has 8 heteroatoms. The fourth-order valence-electron chi connectivity index (χ4n) is 3.29. The lowest BCUT2D eigenvalue weighted by molar-refractivity contribution is -0.132. The molecule has 2 aromatic rings. The Hall–Kier alpha value is -1.18. The highest BCUT2D eigenvalue weighted by Crippen LogP contribution is 2.27. The van der Waals surface area contributed by atoms with Gasteiger partial charge in [0.05, 0.1) is 12.2 Å². The highest BCUT2D eigenvalue weighted by Gasteiger charge is 2.23. The van der Waals surface area contributed by atoms with Crippen molar-refractivity contribution < 1.29 is 4.79 Å². The van der Waals surface area contributed by atoms with E-state index in [1.807, 2.05) is 23.1 Å². The minimum Gasteiger partial charge on any atom is -0.339 e. The van der Waals surface area contributed by atoms with Crippen molar-refractivity contribution in [2.45, 2.75) is 19.4 Å². The minimum atomic E-state index is 0. The summed E-state index contributed by atoms with van der Waals surface area (Å²) in [6.07, 6.45) is 2.64. The topological polar surface area (TPSA) is 48.5 Å². The van der Waals surface area contributed by atoms with E-state index in [4.69, 9.17) is 4.98 Å². The third-order valence-electron chi connectivity index (χ3n) is 5.09. The molecule has 154 valence electrons. The van der Waals surface area contributed by atoms with E-state index in [9.17, 15) is 4.79 Å². The van der Waals surface area contributed by atoms with Crippen molar-refractivity contribution >= 4 is 42.1 Å². The number of nitrogens with zero attached hydrogens (tertiary/aromatic N) is 3. The van der Waals surface area contributed by atoms with Crippen molar-refractivity contribution in [1.29, 1.82) is 0 Å². The van der Waals surface area contributed by atoms with Crippen LogP contribution in [0.1, 0.15) is 18.5 Å². The highest BCUT2D eigenvalue weighted by molar-refractivity contribution is 7.13. The molecule has 2 heterocycles. The van der Waals surface area contributed by atoms with Crippen LogP contribution in [0.3, 0.4) is 0 Å². The first-order valence-corrected chi connectivity index (χ1v) is 10.4. The van der Waals surface area contributed by atoms with Crippen LogP contribution in [0.4, 0.5) is 0 Å². The second-order valence-electron chi connectivity index (χ2n) is 7.24. The Bertz CT molecular complexity index is 731. The molecule has 0 atom stereocenters. The van der Waals surface area contributed by atoms with Gasteiger partial charge < -0.3 is 10.2 Å². The average Bonchev–Trinajstić information content (AvgIpc) is 3.39. The van der Waals surface area contributed by atoms with Crippen LogP contribution in [-0.2, 0) is 11.3 Å². The van der Waals surface area contributed by atoms with Crippen LogP contribution in [0.2, 0.25) is 0 Å². The Balaban J connectivity index is 0.00000140. The summed E-state index contributed by atoms with van der Waals surface area (Å²) in [5.41, 5.74) is 2.30. The van der Waals surface area contributed by atoms with E-state index < -0.39 is 0 Å². The molecule has 1 aliphatic carbocycles. The fourth-order valence-corrected chi connectivity index (χ4v) is 4.11. The predicted octanol–water partition coefficient (Wildman–Crippen LogP) is 3.30. The van der Waals surface area contributed by atoms with Gasteiger partial charge in [-0.1, -0.05) is 30.3 Å². The molecule has 0 radical (unpaired) electrons. The number of carbonyl (C=O) groups excluding carboxylic acids is 1. The number of benzene rings is 1. The highest BCUT2D eigenvalue weighted by atomic mass is 35.5. The van der Waals surface area contributed by atoms with Crippen LogP contribution in [0.25, 0.3) is 10.6 Å². The summed E-state index contributed by atoms with van der Waals surface area (Å²) in [7, 11) is 0. The molecule has 0 spiro atoms. The molecule has 1 aromatic heterocycles. The number of hydrogen-bond donors (Lipinski definition) is 1. The maximum Gasteiger partial charge on any atom is 0.236 e. The van der Waals surface area contributed by atoms with Gasteiger partial charge in [0.25, 0.3) is 0 Å². The first-order valence-electron chi connectivity index (χ1n) is 9.48. The summed E-state index contributed by atoms with van der Waals surface area (Å²) in [6.45, 7) is 5.84. The molecule has 1 amide bonds. The summed E-state index contributed by atoms with van der Waals surface area (Å²) in [5, 5.41) is 6.53. The van der Waals surface area contributed by atoms with Crippen molar-refractivity contribution in [2.24, 2.45) is 5.92 Å². The molecule has 0 bridgehead atoms. The van der Waals surface area contributed by atoms with Gasteiger partial charge in [0.2, 0.25) is 5.91 Å². The number of amides is 1. The summed E-state index contributed by atoms with van der Waals surface area (Å²) in [4.78, 5) is 21.4. The van der Waals surface area contributed by atoms with E-state index in [0.29, 0.717) is 6.54 Å². The van der Waals surface area contributed by atoms with E-state index >= 15 is 0 Å². The fraction of sp³-hybridized carbons (Fsp3) is 0.500. The van der Waals surface area contributed by atoms with E-state index in [0.717, 1.165) is 55.9 Å². The van der Waals surface area contributed by atoms with Crippen molar-refractivity contribution in [3.8, 4) is 10.6 Å². The molecule has 0 unspecified atom stereocenters. The van der Waals surface area contributed by atoms with Gasteiger partial charge in [0.1, 0.15) is 5.01 Å². The molecule has 1 aliphatic heterocycles. The maximum atomic E-state index is 12.3. The lowest BCUT2D eigenvalue weighted by atomic mass is 10.2. The number of thiazole rings is 1. The zero-order chi connectivity index (χ0) is 17.8. The molecule has 2 fully saturated rings. The molecular formula is C20H28Cl2N4OS. The Morgan fingerprint density at radius 1 is 1.11 bits per heavy atom. The first kappa shape index (κ1) is 23.1. The molecule has 1 saturated carbocycles. The summed E-state index contributed by atoms with van der Waals surface area (Å²) in [6, 6.07) is 10.3. The van der Waals surface area contributed by atoms with Crippen molar-refractivity contribution in [1.82, 2.24) is 20.1 Å². The lowest BCUT2D eigenvalue weighted by Gasteiger charge is -2.34. The first-order chi connectivity index (χ1) is 12.8. The molecule has 2 aliphatic rings. The van der Waals surface area contributed by atoms with Gasteiger partial charge in [-0.3, -0.25) is 9.69 Å². The van der Waals surface area contributed by atoms with Crippen LogP contribution in [-0.4, -0.2) is 60.0 Å². The number of piperazine rings is 1. The smallest absolute Gasteiger partial charge is 0.236 e. The van der Waals surface area contributed by atoms with Crippen LogP contribution in [0.15, 0.2) is 35.7 Å². The van der Waals surface area contributed by atoms with Crippen molar-refractivity contribution in [3.05, 3.63) is 41.4 Å². The lowest BCUT2D eigenvalue weighted by Crippen LogP contribution is -2.50. The minimum absolute atomic E-state index is 0. The Morgan fingerprint density at radius 3 is 2.50 bits per heavy atom. The number of halogens is 2. The molecule has 1 saturated heterocycles. The normalized spacial score (nSPS) is 16.9. The zero-order valence-corrected chi connectivity index (χ0v) is 18.3. The molecule has 28 heavy (non-hydrogen) atoms. The third kappa shape index (κ3) is 6.42. The number of aromatic nitrogens is 1. The van der Waals surface area contributed by atoms with Crippen molar-refractivity contribution in [2.75, 3.05) is 39.3 Å². The summed E-state index contributed by atoms with van der Waals surface area (Å²) in [5.74, 6) is 1.06. The Kier molecular flexibility index (Phi) is 9.18. The quantitative estimate of drug-likeness (QED) is 0.714. The van der Waals surface area contributed by atoms with Crippen LogP contribution < -0.4 is 5.32 Å². The summed E-state index contributed by atoms with van der Waals surface area (Å²) < 4.78 is 0. The molecular weight excluding hydrogens is 415 g/mol.